The predicted octanol–water partition coefficient (Wildman–Crippen LogP) is -2.85. The number of aliphatic carboxylic acids is 1. The first kappa shape index (κ1) is 44.6. The minimum Gasteiger partial charge on any atom is -0.480 e. The summed E-state index contributed by atoms with van der Waals surface area (Å²) in [5, 5.41) is 25.1. The smallest absolute Gasteiger partial charge is 0.326 e. The summed E-state index contributed by atoms with van der Waals surface area (Å²) in [6.45, 7) is 2.42. The third-order valence-corrected chi connectivity index (χ3v) is 8.92. The van der Waals surface area contributed by atoms with Crippen LogP contribution in [-0.2, 0) is 57.6 Å². The van der Waals surface area contributed by atoms with Crippen molar-refractivity contribution in [2.45, 2.75) is 76.2 Å². The number of primary amides is 1. The summed E-state index contributed by atoms with van der Waals surface area (Å²) in [4.78, 5) is 119. The fraction of sp³-hybridized carbons (Fsp3) is 0.405. The maximum Gasteiger partial charge on any atom is 0.326 e. The van der Waals surface area contributed by atoms with Gasteiger partial charge >= 0.3 is 5.97 Å². The number of H-pyrrole nitrogens is 3. The van der Waals surface area contributed by atoms with E-state index in [1.165, 1.54) is 25.0 Å². The molecular weight excluding hydrogens is 770 g/mol. The van der Waals surface area contributed by atoms with Crippen molar-refractivity contribution in [3.8, 4) is 0 Å². The van der Waals surface area contributed by atoms with E-state index in [4.69, 9.17) is 11.5 Å². The van der Waals surface area contributed by atoms with Gasteiger partial charge in [0, 0.05) is 60.1 Å². The minimum atomic E-state index is -1.37. The molecule has 3 heterocycles. The number of carboxylic acid groups (broad SMARTS) is 1. The highest BCUT2D eigenvalue weighted by molar-refractivity contribution is 5.97. The number of carboxylic acids is 1. The summed E-state index contributed by atoms with van der Waals surface area (Å²) in [7, 11) is 0. The number of rotatable bonds is 23. The van der Waals surface area contributed by atoms with Gasteiger partial charge in [-0.3, -0.25) is 33.6 Å². The Hall–Kier alpha value is -7.10. The number of fused-ring (bicyclic) bond motifs is 1. The van der Waals surface area contributed by atoms with E-state index < -0.39 is 97.0 Å². The molecule has 59 heavy (non-hydrogen) atoms. The van der Waals surface area contributed by atoms with E-state index in [2.05, 4.69) is 56.8 Å². The van der Waals surface area contributed by atoms with Crippen LogP contribution in [0.4, 0.5) is 0 Å². The second kappa shape index (κ2) is 21.4. The molecule has 0 aliphatic carbocycles. The lowest BCUT2D eigenvalue weighted by Crippen LogP contribution is -2.59. The Bertz CT molecular complexity index is 2080. The molecule has 5 atom stereocenters. The predicted molar refractivity (Wildman–Crippen MR) is 209 cm³/mol. The Morgan fingerprint density at radius 2 is 1.25 bits per heavy atom. The van der Waals surface area contributed by atoms with Gasteiger partial charge in [-0.2, -0.15) is 0 Å². The molecule has 0 saturated heterocycles. The second-order valence-corrected chi connectivity index (χ2v) is 14.2. The molecule has 0 radical (unpaired) electrons. The van der Waals surface area contributed by atoms with Crippen molar-refractivity contribution in [1.82, 2.24) is 56.8 Å². The van der Waals surface area contributed by atoms with Crippen molar-refractivity contribution in [3.63, 3.8) is 0 Å². The summed E-state index contributed by atoms with van der Waals surface area (Å²) in [6, 6.07) is 0.728. The molecule has 316 valence electrons. The molecule has 0 fully saturated rings. The minimum absolute atomic E-state index is 0.0197. The van der Waals surface area contributed by atoms with Crippen LogP contribution in [-0.4, -0.2) is 121 Å². The molecule has 0 spiro atoms. The van der Waals surface area contributed by atoms with Gasteiger partial charge in [-0.05, 0) is 24.0 Å². The van der Waals surface area contributed by atoms with Gasteiger partial charge in [0.15, 0.2) is 0 Å². The molecule has 0 unspecified atom stereocenters. The lowest BCUT2D eigenvalue weighted by Gasteiger charge is -2.26. The van der Waals surface area contributed by atoms with Crippen LogP contribution in [0.1, 0.15) is 43.6 Å². The van der Waals surface area contributed by atoms with Crippen molar-refractivity contribution >= 4 is 58.2 Å². The van der Waals surface area contributed by atoms with E-state index in [-0.39, 0.29) is 31.6 Å². The average molecular weight is 820 g/mol. The number of aromatic nitrogens is 5. The maximum absolute atomic E-state index is 14.2. The quantitative estimate of drug-likeness (QED) is 0.0360. The molecule has 4 rings (SSSR count). The summed E-state index contributed by atoms with van der Waals surface area (Å²) in [5.41, 5.74) is 13.3. The van der Waals surface area contributed by atoms with Crippen LogP contribution in [0.5, 0.6) is 0 Å². The van der Waals surface area contributed by atoms with Crippen LogP contribution in [0.2, 0.25) is 0 Å². The topological polar surface area (TPSA) is 354 Å². The van der Waals surface area contributed by atoms with Crippen molar-refractivity contribution in [2.24, 2.45) is 17.4 Å². The Kier molecular flexibility index (Phi) is 16.2. The number of imidazole rings is 2. The van der Waals surface area contributed by atoms with Crippen LogP contribution in [0, 0.1) is 5.92 Å². The number of nitrogens with one attached hydrogen (secondary N) is 9. The normalized spacial score (nSPS) is 13.6. The van der Waals surface area contributed by atoms with Gasteiger partial charge in [0.25, 0.3) is 0 Å². The highest BCUT2D eigenvalue weighted by Crippen LogP contribution is 2.19. The molecule has 0 aliphatic heterocycles. The standard InChI is InChI=1S/C37H49N13O9/c1-19(2)7-29(37(58)59)47-32(53)16-43-31(52)15-44-34(55)27(9-21-13-40-17-45-21)50-35(56)26(8-20-12-42-25-6-4-3-5-23(20)25)49-36(57)28(10-22-14-41-18-46-22)48-33(54)24(38)11-30(39)51/h3-6,12-14,17-19,24,26-29,42H,7-11,15-16,38H2,1-2H3,(H2,39,51)(H,40,45)(H,41,46)(H,43,52)(H,44,55)(H,47,53)(H,48,54)(H,49,57)(H,50,56)(H,58,59)/t24-,26-,27-,28-,29-/m0/s1. The first-order valence-electron chi connectivity index (χ1n) is 18.6. The fourth-order valence-electron chi connectivity index (χ4n) is 5.98. The number of benzene rings is 1. The number of aromatic amines is 3. The highest BCUT2D eigenvalue weighted by atomic mass is 16.4. The van der Waals surface area contributed by atoms with E-state index in [1.807, 2.05) is 18.2 Å². The number of carbonyl (C=O) groups is 8. The highest BCUT2D eigenvalue weighted by Gasteiger charge is 2.32. The Labute approximate surface area is 337 Å². The van der Waals surface area contributed by atoms with E-state index >= 15 is 0 Å². The van der Waals surface area contributed by atoms with Crippen molar-refractivity contribution < 1.29 is 43.5 Å². The Balaban J connectivity index is 1.52. The van der Waals surface area contributed by atoms with Crippen LogP contribution < -0.4 is 43.4 Å². The zero-order valence-corrected chi connectivity index (χ0v) is 32.4. The van der Waals surface area contributed by atoms with Gasteiger partial charge in [0.05, 0.1) is 38.2 Å². The lowest BCUT2D eigenvalue weighted by atomic mass is 10.0. The number of nitrogens with zero attached hydrogens (tertiary/aromatic N) is 2. The average Bonchev–Trinajstić information content (AvgIpc) is 3.98. The van der Waals surface area contributed by atoms with Crippen LogP contribution in [0.25, 0.3) is 10.9 Å². The molecule has 0 saturated carbocycles. The third-order valence-electron chi connectivity index (χ3n) is 8.92. The maximum atomic E-state index is 14.2. The molecule has 14 N–H and O–H groups in total. The van der Waals surface area contributed by atoms with E-state index in [1.54, 1.807) is 26.1 Å². The Morgan fingerprint density at radius 3 is 1.81 bits per heavy atom. The van der Waals surface area contributed by atoms with Crippen molar-refractivity contribution in [2.75, 3.05) is 13.1 Å². The molecule has 7 amide bonds. The fourth-order valence-corrected chi connectivity index (χ4v) is 5.98. The molecule has 4 aromatic rings. The van der Waals surface area contributed by atoms with Gasteiger partial charge in [0.1, 0.15) is 24.2 Å². The number of para-hydroxylation sites is 1. The summed E-state index contributed by atoms with van der Waals surface area (Å²) in [5.74, 6) is -6.87. The van der Waals surface area contributed by atoms with Crippen LogP contribution in [0.3, 0.4) is 0 Å². The summed E-state index contributed by atoms with van der Waals surface area (Å²) < 4.78 is 0. The van der Waals surface area contributed by atoms with Gasteiger partial charge in [-0.25, -0.2) is 14.8 Å². The van der Waals surface area contributed by atoms with E-state index in [9.17, 15) is 43.5 Å². The lowest BCUT2D eigenvalue weighted by molar-refractivity contribution is -0.142. The first-order chi connectivity index (χ1) is 28.1. The van der Waals surface area contributed by atoms with E-state index in [0.717, 1.165) is 10.9 Å². The van der Waals surface area contributed by atoms with Crippen molar-refractivity contribution in [1.29, 1.82) is 0 Å². The molecule has 22 nitrogen and oxygen atoms in total. The number of carbonyl (C=O) groups excluding carboxylic acids is 7. The second-order valence-electron chi connectivity index (χ2n) is 14.2. The molecule has 3 aromatic heterocycles. The number of hydrogen-bond acceptors (Lipinski definition) is 11. The monoisotopic (exact) mass is 819 g/mol. The number of hydrogen-bond donors (Lipinski definition) is 12. The van der Waals surface area contributed by atoms with Gasteiger partial charge in [0.2, 0.25) is 41.4 Å². The number of amides is 7. The van der Waals surface area contributed by atoms with Gasteiger partial charge in [-0.15, -0.1) is 0 Å². The molecule has 0 aliphatic rings. The Morgan fingerprint density at radius 1 is 0.695 bits per heavy atom. The molecule has 1 aromatic carbocycles. The third kappa shape index (κ3) is 14.1. The van der Waals surface area contributed by atoms with Crippen LogP contribution >= 0.6 is 0 Å². The molecular formula is C37H49N13O9. The molecule has 22 heteroatoms. The summed E-state index contributed by atoms with van der Waals surface area (Å²) in [6.07, 6.45) is 6.63. The van der Waals surface area contributed by atoms with Crippen LogP contribution in [0.15, 0.2) is 55.5 Å². The zero-order valence-electron chi connectivity index (χ0n) is 32.4. The molecule has 0 bridgehead atoms. The largest absolute Gasteiger partial charge is 0.480 e. The summed E-state index contributed by atoms with van der Waals surface area (Å²) >= 11 is 0. The first-order valence-corrected chi connectivity index (χ1v) is 18.6. The van der Waals surface area contributed by atoms with E-state index in [0.29, 0.717) is 17.0 Å². The van der Waals surface area contributed by atoms with Crippen molar-refractivity contribution in [3.05, 3.63) is 72.5 Å². The zero-order chi connectivity index (χ0) is 43.1. The van der Waals surface area contributed by atoms with Gasteiger partial charge < -0.3 is 63.4 Å². The van der Waals surface area contributed by atoms with Gasteiger partial charge in [-0.1, -0.05) is 32.0 Å². The SMILES string of the molecule is CC(C)C[C@H](NC(=O)CNC(=O)CNC(=O)[C@H](Cc1cnc[nH]1)NC(=O)[C@H](Cc1c[nH]c2ccccc12)NC(=O)[C@H](Cc1cnc[nH]1)NC(=O)[C@@H](N)CC(N)=O)C(=O)O. The number of nitrogens with two attached hydrogens (primary N) is 2.